The van der Waals surface area contributed by atoms with Crippen LogP contribution in [0.4, 0.5) is 8.78 Å². The van der Waals surface area contributed by atoms with Crippen LogP contribution in [0.25, 0.3) is 0 Å². The van der Waals surface area contributed by atoms with Crippen LogP contribution in [-0.2, 0) is 14.3 Å². The van der Waals surface area contributed by atoms with E-state index in [0.29, 0.717) is 0 Å². The molecule has 2 atom stereocenters. The molecule has 96 valence electrons. The third-order valence-corrected chi connectivity index (χ3v) is 2.53. The van der Waals surface area contributed by atoms with Crippen LogP contribution in [0, 0.1) is 11.6 Å². The number of rotatable bonds is 3. The van der Waals surface area contributed by atoms with Crippen LogP contribution in [0.3, 0.4) is 0 Å². The molecule has 1 aliphatic rings. The summed E-state index contributed by atoms with van der Waals surface area (Å²) >= 11 is 0. The number of ether oxygens (including phenoxy) is 2. The maximum Gasteiger partial charge on any atom is 0.335 e. The number of carbonyl (C=O) groups is 1. The molecule has 1 heterocycles. The summed E-state index contributed by atoms with van der Waals surface area (Å²) in [5.41, 5.74) is -0.312. The first-order valence-corrected chi connectivity index (χ1v) is 5.42. The Hall–Kier alpha value is -1.98. The fourth-order valence-electron chi connectivity index (χ4n) is 1.74. The largest absolute Gasteiger partial charge is 0.472 e. The molecular formula is C12H11F2NO3. The molecule has 0 N–H and O–H groups in total. The van der Waals surface area contributed by atoms with E-state index >= 15 is 0 Å². The zero-order valence-electron chi connectivity index (χ0n) is 9.60. The summed E-state index contributed by atoms with van der Waals surface area (Å²) in [6, 6.07) is 2.37. The Labute approximate surface area is 102 Å². The van der Waals surface area contributed by atoms with Crippen molar-refractivity contribution in [1.29, 1.82) is 0 Å². The Bertz CT molecular complexity index is 470. The normalized spacial score (nSPS) is 21.7. The van der Waals surface area contributed by atoms with Gasteiger partial charge in [0.15, 0.2) is 18.5 Å². The van der Waals surface area contributed by atoms with Gasteiger partial charge in [-0.15, -0.1) is 0 Å². The van der Waals surface area contributed by atoms with Crippen LogP contribution in [0.15, 0.2) is 23.2 Å². The number of hydrogen-bond acceptors (Lipinski definition) is 4. The first-order valence-electron chi connectivity index (χ1n) is 5.42. The molecule has 1 aromatic rings. The van der Waals surface area contributed by atoms with Gasteiger partial charge in [-0.3, -0.25) is 0 Å². The lowest BCUT2D eigenvalue weighted by molar-refractivity contribution is -0.146. The Kier molecular flexibility index (Phi) is 3.55. The van der Waals surface area contributed by atoms with E-state index in [1.807, 2.05) is 0 Å². The molecule has 1 aliphatic heterocycles. The molecule has 2 unspecified atom stereocenters. The third-order valence-electron chi connectivity index (χ3n) is 2.53. The first kappa shape index (κ1) is 12.5. The molecule has 0 saturated heterocycles. The van der Waals surface area contributed by atoms with Crippen LogP contribution < -0.4 is 0 Å². The number of nitrogens with zero attached hydrogens (tertiary/aromatic N) is 1. The van der Waals surface area contributed by atoms with Crippen molar-refractivity contribution in [3.63, 3.8) is 0 Å². The Morgan fingerprint density at radius 3 is 2.72 bits per heavy atom. The van der Waals surface area contributed by atoms with Crippen molar-refractivity contribution >= 4 is 12.4 Å². The summed E-state index contributed by atoms with van der Waals surface area (Å²) < 4.78 is 37.0. The average molecular weight is 255 g/mol. The van der Waals surface area contributed by atoms with Gasteiger partial charge < -0.3 is 9.47 Å². The van der Waals surface area contributed by atoms with Crippen LogP contribution >= 0.6 is 0 Å². The number of carbonyl (C=O) groups excluding carboxylic acids is 1. The zero-order valence-corrected chi connectivity index (χ0v) is 9.60. The molecule has 0 spiro atoms. The highest BCUT2D eigenvalue weighted by atomic mass is 19.1. The molecule has 0 saturated carbocycles. The van der Waals surface area contributed by atoms with E-state index < -0.39 is 29.7 Å². The highest BCUT2D eigenvalue weighted by Gasteiger charge is 2.38. The van der Waals surface area contributed by atoms with E-state index in [2.05, 4.69) is 4.99 Å². The second-order valence-corrected chi connectivity index (χ2v) is 3.64. The van der Waals surface area contributed by atoms with Gasteiger partial charge >= 0.3 is 5.97 Å². The predicted molar refractivity (Wildman–Crippen MR) is 59.1 cm³/mol. The fourth-order valence-corrected chi connectivity index (χ4v) is 1.74. The fraction of sp³-hybridized carbons (Fsp3) is 0.333. The lowest BCUT2D eigenvalue weighted by atomic mass is 10.0. The van der Waals surface area contributed by atoms with Crippen molar-refractivity contribution in [2.24, 2.45) is 4.99 Å². The van der Waals surface area contributed by atoms with Crippen molar-refractivity contribution in [3.8, 4) is 0 Å². The molecule has 0 aromatic heterocycles. The van der Waals surface area contributed by atoms with Gasteiger partial charge in [-0.2, -0.15) is 0 Å². The van der Waals surface area contributed by atoms with E-state index in [1.165, 1.54) is 6.07 Å². The van der Waals surface area contributed by atoms with E-state index in [9.17, 15) is 13.6 Å². The van der Waals surface area contributed by atoms with Gasteiger partial charge in [0, 0.05) is 0 Å². The van der Waals surface area contributed by atoms with E-state index in [4.69, 9.17) is 9.47 Å². The summed E-state index contributed by atoms with van der Waals surface area (Å²) in [6.45, 7) is 1.80. The topological polar surface area (TPSA) is 47.9 Å². The minimum Gasteiger partial charge on any atom is -0.472 e. The molecule has 0 bridgehead atoms. The standard InChI is InChI=1S/C12H11F2NO3/c1-2-17-12(16)10-11(18-6-15-10)9-7(13)4-3-5-8(9)14/h3-6,10-11H,2H2,1H3. The third kappa shape index (κ3) is 2.18. The zero-order chi connectivity index (χ0) is 13.1. The quantitative estimate of drug-likeness (QED) is 0.776. The molecule has 4 nitrogen and oxygen atoms in total. The molecular weight excluding hydrogens is 244 g/mol. The van der Waals surface area contributed by atoms with Gasteiger partial charge in [-0.25, -0.2) is 18.6 Å². The Morgan fingerprint density at radius 2 is 2.11 bits per heavy atom. The van der Waals surface area contributed by atoms with Gasteiger partial charge in [0.05, 0.1) is 12.2 Å². The van der Waals surface area contributed by atoms with E-state index in [1.54, 1.807) is 6.92 Å². The molecule has 0 radical (unpaired) electrons. The number of halogens is 2. The summed E-state index contributed by atoms with van der Waals surface area (Å²) in [6.07, 6.45) is -0.108. The number of aliphatic imine (C=N–C) groups is 1. The Morgan fingerprint density at radius 1 is 1.44 bits per heavy atom. The smallest absolute Gasteiger partial charge is 0.335 e. The van der Waals surface area contributed by atoms with Crippen molar-refractivity contribution in [2.45, 2.75) is 19.1 Å². The number of benzene rings is 1. The maximum atomic E-state index is 13.6. The average Bonchev–Trinajstić information content (AvgIpc) is 2.78. The Balaban J connectivity index is 2.30. The van der Waals surface area contributed by atoms with E-state index in [-0.39, 0.29) is 12.2 Å². The SMILES string of the molecule is CCOC(=O)C1N=COC1c1c(F)cccc1F. The van der Waals surface area contributed by atoms with Gasteiger partial charge in [-0.1, -0.05) is 6.07 Å². The second kappa shape index (κ2) is 5.12. The van der Waals surface area contributed by atoms with Crippen molar-refractivity contribution in [3.05, 3.63) is 35.4 Å². The molecule has 0 fully saturated rings. The highest BCUT2D eigenvalue weighted by molar-refractivity contribution is 5.80. The van der Waals surface area contributed by atoms with Crippen molar-refractivity contribution < 1.29 is 23.0 Å². The van der Waals surface area contributed by atoms with Crippen LogP contribution in [0.2, 0.25) is 0 Å². The minimum atomic E-state index is -1.12. The van der Waals surface area contributed by atoms with Crippen LogP contribution in [0.5, 0.6) is 0 Å². The van der Waals surface area contributed by atoms with Crippen molar-refractivity contribution in [2.75, 3.05) is 6.61 Å². The highest BCUT2D eigenvalue weighted by Crippen LogP contribution is 2.31. The molecule has 0 amide bonds. The molecule has 1 aromatic carbocycles. The van der Waals surface area contributed by atoms with Gasteiger partial charge in [0.1, 0.15) is 11.6 Å². The molecule has 18 heavy (non-hydrogen) atoms. The van der Waals surface area contributed by atoms with E-state index in [0.717, 1.165) is 18.5 Å². The predicted octanol–water partition coefficient (Wildman–Crippen LogP) is 2.00. The monoisotopic (exact) mass is 255 g/mol. The van der Waals surface area contributed by atoms with Crippen LogP contribution in [-0.4, -0.2) is 25.0 Å². The second-order valence-electron chi connectivity index (χ2n) is 3.64. The summed E-state index contributed by atoms with van der Waals surface area (Å²) in [5, 5.41) is 0. The lowest BCUT2D eigenvalue weighted by Gasteiger charge is -2.17. The molecule has 6 heteroatoms. The van der Waals surface area contributed by atoms with Gasteiger partial charge in [0.25, 0.3) is 0 Å². The first-order chi connectivity index (χ1) is 8.65. The maximum absolute atomic E-state index is 13.6. The number of hydrogen-bond donors (Lipinski definition) is 0. The lowest BCUT2D eigenvalue weighted by Crippen LogP contribution is -2.27. The van der Waals surface area contributed by atoms with Gasteiger partial charge in [-0.05, 0) is 19.1 Å². The number of esters is 1. The molecule has 2 rings (SSSR count). The van der Waals surface area contributed by atoms with Crippen molar-refractivity contribution in [1.82, 2.24) is 0 Å². The minimum absolute atomic E-state index is 0.164. The van der Waals surface area contributed by atoms with Gasteiger partial charge in [0.2, 0.25) is 0 Å². The summed E-state index contributed by atoms with van der Waals surface area (Å²) in [7, 11) is 0. The van der Waals surface area contributed by atoms with Crippen LogP contribution in [0.1, 0.15) is 18.6 Å². The molecule has 0 aliphatic carbocycles. The summed E-state index contributed by atoms with van der Waals surface area (Å²) in [4.78, 5) is 15.3. The summed E-state index contributed by atoms with van der Waals surface area (Å²) in [5.74, 6) is -2.22.